The van der Waals surface area contributed by atoms with Crippen LogP contribution in [0.4, 0.5) is 10.1 Å². The Balaban J connectivity index is 3.01. The second-order valence-corrected chi connectivity index (χ2v) is 5.05. The van der Waals surface area contributed by atoms with Crippen LogP contribution in [0.1, 0.15) is 19.4 Å². The number of nitrogens with zero attached hydrogens (tertiary/aromatic N) is 1. The van der Waals surface area contributed by atoms with Crippen molar-refractivity contribution in [1.29, 1.82) is 0 Å². The lowest BCUT2D eigenvalue weighted by Crippen LogP contribution is -2.26. The SMILES string of the molecule is CN(C)c1cc(CC(C)(C)C(=O)O)ccc1F. The fourth-order valence-electron chi connectivity index (χ4n) is 1.60. The standard InChI is InChI=1S/C13H18FNO2/c1-13(2,12(16)17)8-9-5-6-10(14)11(7-9)15(3)4/h5-7H,8H2,1-4H3,(H,16,17). The zero-order valence-electron chi connectivity index (χ0n) is 10.6. The van der Waals surface area contributed by atoms with Gasteiger partial charge < -0.3 is 10.0 Å². The molecule has 4 heteroatoms. The summed E-state index contributed by atoms with van der Waals surface area (Å²) in [4.78, 5) is 12.7. The van der Waals surface area contributed by atoms with Crippen molar-refractivity contribution in [3.63, 3.8) is 0 Å². The average molecular weight is 239 g/mol. The van der Waals surface area contributed by atoms with Crippen LogP contribution in [0, 0.1) is 11.2 Å². The molecule has 0 aliphatic rings. The predicted octanol–water partition coefficient (Wildman–Crippen LogP) is 2.54. The van der Waals surface area contributed by atoms with Gasteiger partial charge in [-0.2, -0.15) is 0 Å². The molecule has 0 aliphatic carbocycles. The van der Waals surface area contributed by atoms with E-state index in [0.29, 0.717) is 12.1 Å². The summed E-state index contributed by atoms with van der Waals surface area (Å²) in [5.74, 6) is -1.15. The van der Waals surface area contributed by atoms with Crippen molar-refractivity contribution in [2.75, 3.05) is 19.0 Å². The summed E-state index contributed by atoms with van der Waals surface area (Å²) >= 11 is 0. The number of anilines is 1. The van der Waals surface area contributed by atoms with Crippen LogP contribution in [-0.4, -0.2) is 25.2 Å². The maximum Gasteiger partial charge on any atom is 0.309 e. The summed E-state index contributed by atoms with van der Waals surface area (Å²) in [5, 5.41) is 9.05. The summed E-state index contributed by atoms with van der Waals surface area (Å²) in [7, 11) is 3.51. The molecule has 0 heterocycles. The molecule has 1 aromatic rings. The minimum absolute atomic E-state index is 0.299. The van der Waals surface area contributed by atoms with Crippen LogP contribution in [0.15, 0.2) is 18.2 Å². The molecule has 0 aliphatic heterocycles. The van der Waals surface area contributed by atoms with E-state index in [1.165, 1.54) is 6.07 Å². The van der Waals surface area contributed by atoms with Gasteiger partial charge in [-0.05, 0) is 38.0 Å². The van der Waals surface area contributed by atoms with Crippen molar-refractivity contribution in [2.45, 2.75) is 20.3 Å². The van der Waals surface area contributed by atoms with Gasteiger partial charge in [0.1, 0.15) is 5.82 Å². The van der Waals surface area contributed by atoms with Crippen molar-refractivity contribution in [1.82, 2.24) is 0 Å². The number of aliphatic carboxylic acids is 1. The van der Waals surface area contributed by atoms with Crippen LogP contribution in [0.25, 0.3) is 0 Å². The minimum Gasteiger partial charge on any atom is -0.481 e. The van der Waals surface area contributed by atoms with E-state index in [2.05, 4.69) is 0 Å². The molecule has 0 atom stereocenters. The lowest BCUT2D eigenvalue weighted by Gasteiger charge is -2.21. The molecular formula is C13H18FNO2. The fourth-order valence-corrected chi connectivity index (χ4v) is 1.60. The first-order chi connectivity index (χ1) is 7.74. The highest BCUT2D eigenvalue weighted by molar-refractivity contribution is 5.74. The Labute approximate surface area is 101 Å². The number of carboxylic acids is 1. The number of hydrogen-bond donors (Lipinski definition) is 1. The van der Waals surface area contributed by atoms with Crippen molar-refractivity contribution in [3.8, 4) is 0 Å². The van der Waals surface area contributed by atoms with Crippen LogP contribution in [0.5, 0.6) is 0 Å². The molecule has 0 aromatic heterocycles. The zero-order valence-corrected chi connectivity index (χ0v) is 10.6. The number of rotatable bonds is 4. The van der Waals surface area contributed by atoms with Gasteiger partial charge in [-0.1, -0.05) is 6.07 Å². The van der Waals surface area contributed by atoms with Crippen LogP contribution in [-0.2, 0) is 11.2 Å². The van der Waals surface area contributed by atoms with E-state index in [1.54, 1.807) is 45.0 Å². The molecule has 94 valence electrons. The highest BCUT2D eigenvalue weighted by Crippen LogP contribution is 2.26. The Bertz CT molecular complexity index is 427. The highest BCUT2D eigenvalue weighted by Gasteiger charge is 2.27. The van der Waals surface area contributed by atoms with E-state index < -0.39 is 11.4 Å². The molecule has 17 heavy (non-hydrogen) atoms. The zero-order chi connectivity index (χ0) is 13.2. The molecule has 1 N–H and O–H groups in total. The van der Waals surface area contributed by atoms with Crippen LogP contribution < -0.4 is 4.90 Å². The maximum absolute atomic E-state index is 13.5. The molecule has 0 unspecified atom stereocenters. The minimum atomic E-state index is -0.853. The van der Waals surface area contributed by atoms with E-state index in [4.69, 9.17) is 5.11 Å². The Kier molecular flexibility index (Phi) is 3.76. The predicted molar refractivity (Wildman–Crippen MR) is 65.8 cm³/mol. The van der Waals surface area contributed by atoms with Crippen LogP contribution in [0.3, 0.4) is 0 Å². The summed E-state index contributed by atoms with van der Waals surface area (Å²) in [6.45, 7) is 3.32. The van der Waals surface area contributed by atoms with Gasteiger partial charge in [0, 0.05) is 14.1 Å². The normalized spacial score (nSPS) is 11.4. The van der Waals surface area contributed by atoms with Gasteiger partial charge in [0.15, 0.2) is 0 Å². The topological polar surface area (TPSA) is 40.5 Å². The van der Waals surface area contributed by atoms with E-state index in [1.807, 2.05) is 0 Å². The molecule has 0 radical (unpaired) electrons. The quantitative estimate of drug-likeness (QED) is 0.877. The first kappa shape index (κ1) is 13.5. The van der Waals surface area contributed by atoms with E-state index in [9.17, 15) is 9.18 Å². The lowest BCUT2D eigenvalue weighted by molar-refractivity contribution is -0.146. The van der Waals surface area contributed by atoms with Gasteiger partial charge in [-0.25, -0.2) is 4.39 Å². The lowest BCUT2D eigenvalue weighted by atomic mass is 9.86. The first-order valence-electron chi connectivity index (χ1n) is 5.43. The highest BCUT2D eigenvalue weighted by atomic mass is 19.1. The number of halogens is 1. The van der Waals surface area contributed by atoms with E-state index in [0.717, 1.165) is 5.56 Å². The summed E-state index contributed by atoms with van der Waals surface area (Å²) in [6.07, 6.45) is 0.378. The van der Waals surface area contributed by atoms with Gasteiger partial charge >= 0.3 is 5.97 Å². The summed E-state index contributed by atoms with van der Waals surface area (Å²) in [6, 6.07) is 4.70. The fraction of sp³-hybridized carbons (Fsp3) is 0.462. The largest absolute Gasteiger partial charge is 0.481 e. The number of carboxylic acid groups (broad SMARTS) is 1. The number of carbonyl (C=O) groups is 1. The van der Waals surface area contributed by atoms with Gasteiger partial charge in [-0.15, -0.1) is 0 Å². The molecule has 0 spiro atoms. The molecule has 0 bridgehead atoms. The van der Waals surface area contributed by atoms with Crippen molar-refractivity contribution in [3.05, 3.63) is 29.6 Å². The molecule has 1 rings (SSSR count). The van der Waals surface area contributed by atoms with E-state index >= 15 is 0 Å². The maximum atomic E-state index is 13.5. The monoisotopic (exact) mass is 239 g/mol. The average Bonchev–Trinajstić information content (AvgIpc) is 2.20. The van der Waals surface area contributed by atoms with Gasteiger partial charge in [0.2, 0.25) is 0 Å². The molecule has 0 saturated carbocycles. The number of hydrogen-bond acceptors (Lipinski definition) is 2. The Morgan fingerprint density at radius 3 is 2.47 bits per heavy atom. The van der Waals surface area contributed by atoms with Crippen molar-refractivity contribution in [2.24, 2.45) is 5.41 Å². The van der Waals surface area contributed by atoms with Gasteiger partial charge in [0.05, 0.1) is 11.1 Å². The number of benzene rings is 1. The molecular weight excluding hydrogens is 221 g/mol. The van der Waals surface area contributed by atoms with Gasteiger partial charge in [-0.3, -0.25) is 4.79 Å². The second-order valence-electron chi connectivity index (χ2n) is 5.05. The molecule has 0 saturated heterocycles. The van der Waals surface area contributed by atoms with Crippen molar-refractivity contribution >= 4 is 11.7 Å². The molecule has 0 amide bonds. The molecule has 1 aromatic carbocycles. The third-order valence-electron chi connectivity index (χ3n) is 2.72. The summed E-state index contributed by atoms with van der Waals surface area (Å²) < 4.78 is 13.5. The Hall–Kier alpha value is -1.58. The van der Waals surface area contributed by atoms with E-state index in [-0.39, 0.29) is 5.82 Å². The third kappa shape index (κ3) is 3.19. The summed E-state index contributed by atoms with van der Waals surface area (Å²) in [5.41, 5.74) is 0.452. The second kappa shape index (κ2) is 4.73. The van der Waals surface area contributed by atoms with Crippen LogP contribution >= 0.6 is 0 Å². The third-order valence-corrected chi connectivity index (χ3v) is 2.72. The molecule has 0 fully saturated rings. The first-order valence-corrected chi connectivity index (χ1v) is 5.43. The smallest absolute Gasteiger partial charge is 0.309 e. The Morgan fingerprint density at radius 1 is 1.41 bits per heavy atom. The Morgan fingerprint density at radius 2 is 2.00 bits per heavy atom. The van der Waals surface area contributed by atoms with Gasteiger partial charge in [0.25, 0.3) is 0 Å². The van der Waals surface area contributed by atoms with Crippen molar-refractivity contribution < 1.29 is 14.3 Å². The van der Waals surface area contributed by atoms with Crippen LogP contribution in [0.2, 0.25) is 0 Å². The molecule has 3 nitrogen and oxygen atoms in total.